The lowest BCUT2D eigenvalue weighted by atomic mass is 10.1. The van der Waals surface area contributed by atoms with E-state index in [0.29, 0.717) is 36.6 Å². The maximum atomic E-state index is 13.6. The van der Waals surface area contributed by atoms with Crippen molar-refractivity contribution in [3.63, 3.8) is 0 Å². The van der Waals surface area contributed by atoms with Gasteiger partial charge in [0.25, 0.3) is 5.56 Å². The van der Waals surface area contributed by atoms with E-state index in [2.05, 4.69) is 22.8 Å². The number of benzene rings is 1. The third-order valence-corrected chi connectivity index (χ3v) is 5.99. The highest BCUT2D eigenvalue weighted by atomic mass is 16.1. The van der Waals surface area contributed by atoms with E-state index in [1.807, 2.05) is 47.2 Å². The van der Waals surface area contributed by atoms with Crippen molar-refractivity contribution in [3.05, 3.63) is 64.7 Å². The van der Waals surface area contributed by atoms with E-state index in [0.717, 1.165) is 36.0 Å². The van der Waals surface area contributed by atoms with Crippen LogP contribution < -0.4 is 16.2 Å². The molecule has 1 aliphatic rings. The van der Waals surface area contributed by atoms with Crippen molar-refractivity contribution < 1.29 is 0 Å². The van der Waals surface area contributed by atoms with Gasteiger partial charge in [-0.05, 0) is 38.0 Å². The standard InChI is InChI=1S/C25H26N6O/c1-2-3-14-31-24(32)23-22(28-25(31)30-13-6-8-19(26)16-30)12-15-29(23)17-20-11-10-18-7-4-5-9-21(18)27-20/h4-5,7,9-12,15,19H,6,8,13-14,16-17,26H2,1H3/t19-/m1/s1. The summed E-state index contributed by atoms with van der Waals surface area (Å²) in [6, 6.07) is 14.1. The lowest BCUT2D eigenvalue weighted by Gasteiger charge is -2.32. The van der Waals surface area contributed by atoms with Crippen LogP contribution in [0.2, 0.25) is 0 Å². The third-order valence-electron chi connectivity index (χ3n) is 5.99. The van der Waals surface area contributed by atoms with Gasteiger partial charge in [-0.25, -0.2) is 4.98 Å². The Hall–Kier alpha value is -3.63. The Bertz CT molecular complexity index is 1410. The minimum Gasteiger partial charge on any atom is -0.341 e. The molecule has 0 saturated carbocycles. The number of piperidine rings is 1. The first-order valence-electron chi connectivity index (χ1n) is 11.0. The van der Waals surface area contributed by atoms with Gasteiger partial charge in [0.05, 0.1) is 29.8 Å². The topological polar surface area (TPSA) is 82.0 Å². The van der Waals surface area contributed by atoms with Crippen molar-refractivity contribution in [2.45, 2.75) is 38.9 Å². The van der Waals surface area contributed by atoms with Gasteiger partial charge in [-0.1, -0.05) is 30.2 Å². The minimum absolute atomic E-state index is 0.0855. The molecule has 1 aromatic carbocycles. The summed E-state index contributed by atoms with van der Waals surface area (Å²) in [5, 5.41) is 1.10. The molecule has 1 atom stereocenters. The molecular formula is C25H26N6O. The fourth-order valence-electron chi connectivity index (χ4n) is 4.41. The van der Waals surface area contributed by atoms with Crippen LogP contribution in [0.1, 0.15) is 25.5 Å². The number of para-hydroxylation sites is 1. The van der Waals surface area contributed by atoms with Gasteiger partial charge in [0.2, 0.25) is 5.95 Å². The molecule has 1 saturated heterocycles. The molecule has 7 heteroatoms. The third kappa shape index (κ3) is 3.74. The minimum atomic E-state index is -0.0855. The molecule has 4 aromatic rings. The zero-order valence-corrected chi connectivity index (χ0v) is 18.2. The summed E-state index contributed by atoms with van der Waals surface area (Å²) < 4.78 is 3.62. The molecule has 2 N–H and O–H groups in total. The summed E-state index contributed by atoms with van der Waals surface area (Å²) in [6.07, 6.45) is 3.90. The fourth-order valence-corrected chi connectivity index (χ4v) is 4.41. The van der Waals surface area contributed by atoms with Crippen molar-refractivity contribution in [1.82, 2.24) is 19.1 Å². The van der Waals surface area contributed by atoms with E-state index in [1.54, 1.807) is 11.5 Å². The van der Waals surface area contributed by atoms with Gasteiger partial charge < -0.3 is 15.2 Å². The molecule has 0 bridgehead atoms. The summed E-state index contributed by atoms with van der Waals surface area (Å²) in [5.74, 6) is 6.59. The Morgan fingerprint density at radius 2 is 2.00 bits per heavy atom. The fraction of sp³-hybridized carbons (Fsp3) is 0.320. The van der Waals surface area contributed by atoms with E-state index >= 15 is 0 Å². The SMILES string of the molecule is CC#CCn1c(N2CCC[C@@H](N)C2)nc2ccn(Cc3ccc4ccccc4n3)c2c1=O. The second kappa shape index (κ2) is 8.48. The predicted molar refractivity (Wildman–Crippen MR) is 128 cm³/mol. The second-order valence-electron chi connectivity index (χ2n) is 8.25. The van der Waals surface area contributed by atoms with Crippen molar-refractivity contribution in [2.75, 3.05) is 18.0 Å². The molecule has 1 aliphatic heterocycles. The van der Waals surface area contributed by atoms with Gasteiger partial charge in [0, 0.05) is 30.7 Å². The monoisotopic (exact) mass is 426 g/mol. The molecule has 0 unspecified atom stereocenters. The lowest BCUT2D eigenvalue weighted by molar-refractivity contribution is 0.492. The average Bonchev–Trinajstić information content (AvgIpc) is 3.21. The number of anilines is 1. The van der Waals surface area contributed by atoms with Crippen LogP contribution in [0.3, 0.4) is 0 Å². The summed E-state index contributed by atoms with van der Waals surface area (Å²) >= 11 is 0. The van der Waals surface area contributed by atoms with Crippen molar-refractivity contribution in [1.29, 1.82) is 0 Å². The number of nitrogens with two attached hydrogens (primary N) is 1. The Kier molecular flexibility index (Phi) is 5.38. The number of aromatic nitrogens is 4. The van der Waals surface area contributed by atoms with Gasteiger partial charge in [-0.3, -0.25) is 14.3 Å². The molecule has 1 fully saturated rings. The maximum absolute atomic E-state index is 13.6. The number of fused-ring (bicyclic) bond motifs is 2. The zero-order valence-electron chi connectivity index (χ0n) is 18.2. The predicted octanol–water partition coefficient (Wildman–Crippen LogP) is 2.75. The summed E-state index contributed by atoms with van der Waals surface area (Å²) in [6.45, 7) is 4.12. The summed E-state index contributed by atoms with van der Waals surface area (Å²) in [4.78, 5) is 25.4. The van der Waals surface area contributed by atoms with E-state index in [1.165, 1.54) is 0 Å². The summed E-state index contributed by atoms with van der Waals surface area (Å²) in [7, 11) is 0. The van der Waals surface area contributed by atoms with Crippen LogP contribution in [-0.2, 0) is 13.1 Å². The Balaban J connectivity index is 1.58. The van der Waals surface area contributed by atoms with Crippen LogP contribution >= 0.6 is 0 Å². The van der Waals surface area contributed by atoms with Crippen LogP contribution in [0, 0.1) is 11.8 Å². The molecule has 32 heavy (non-hydrogen) atoms. The highest BCUT2D eigenvalue weighted by Gasteiger charge is 2.23. The van der Waals surface area contributed by atoms with Crippen LogP contribution in [0.4, 0.5) is 5.95 Å². The molecule has 162 valence electrons. The van der Waals surface area contributed by atoms with E-state index in [-0.39, 0.29) is 11.6 Å². The first-order valence-corrected chi connectivity index (χ1v) is 11.0. The highest BCUT2D eigenvalue weighted by Crippen LogP contribution is 2.21. The van der Waals surface area contributed by atoms with Crippen LogP contribution in [0.5, 0.6) is 0 Å². The van der Waals surface area contributed by atoms with Gasteiger partial charge in [0.1, 0.15) is 5.52 Å². The molecule has 7 nitrogen and oxygen atoms in total. The van der Waals surface area contributed by atoms with Crippen LogP contribution in [-0.4, -0.2) is 38.2 Å². The molecule has 0 radical (unpaired) electrons. The smallest absolute Gasteiger partial charge is 0.280 e. The highest BCUT2D eigenvalue weighted by molar-refractivity contribution is 5.79. The normalized spacial score (nSPS) is 16.3. The Morgan fingerprint density at radius 3 is 2.84 bits per heavy atom. The quantitative estimate of drug-likeness (QED) is 0.508. The number of nitrogens with zero attached hydrogens (tertiary/aromatic N) is 5. The van der Waals surface area contributed by atoms with Crippen LogP contribution in [0.25, 0.3) is 21.9 Å². The second-order valence-corrected chi connectivity index (χ2v) is 8.25. The molecular weight excluding hydrogens is 400 g/mol. The van der Waals surface area contributed by atoms with E-state index in [4.69, 9.17) is 15.7 Å². The number of hydrogen-bond acceptors (Lipinski definition) is 5. The molecule has 5 rings (SSSR count). The van der Waals surface area contributed by atoms with Crippen molar-refractivity contribution in [2.24, 2.45) is 5.73 Å². The molecule has 4 heterocycles. The van der Waals surface area contributed by atoms with Gasteiger partial charge in [0.15, 0.2) is 0 Å². The summed E-state index contributed by atoms with van der Waals surface area (Å²) in [5.41, 5.74) is 9.21. The van der Waals surface area contributed by atoms with E-state index < -0.39 is 0 Å². The number of rotatable bonds is 4. The number of hydrogen-bond donors (Lipinski definition) is 1. The molecule has 0 spiro atoms. The lowest BCUT2D eigenvalue weighted by Crippen LogP contribution is -2.45. The molecule has 0 aliphatic carbocycles. The number of pyridine rings is 1. The van der Waals surface area contributed by atoms with Gasteiger partial charge in [-0.15, -0.1) is 5.92 Å². The van der Waals surface area contributed by atoms with Crippen LogP contribution in [0.15, 0.2) is 53.5 Å². The largest absolute Gasteiger partial charge is 0.341 e. The zero-order chi connectivity index (χ0) is 22.1. The Labute approximate surface area is 186 Å². The first-order chi connectivity index (χ1) is 15.6. The average molecular weight is 427 g/mol. The van der Waals surface area contributed by atoms with Gasteiger partial charge >= 0.3 is 0 Å². The van der Waals surface area contributed by atoms with E-state index in [9.17, 15) is 4.79 Å². The molecule has 0 amide bonds. The first kappa shape index (κ1) is 20.3. The van der Waals surface area contributed by atoms with Crippen molar-refractivity contribution >= 4 is 27.9 Å². The molecule has 3 aromatic heterocycles. The Morgan fingerprint density at radius 1 is 1.12 bits per heavy atom. The van der Waals surface area contributed by atoms with Crippen molar-refractivity contribution in [3.8, 4) is 11.8 Å². The van der Waals surface area contributed by atoms with Gasteiger partial charge in [-0.2, -0.15) is 0 Å². The maximum Gasteiger partial charge on any atom is 0.280 e.